The number of nitrogens with one attached hydrogen (secondary N) is 1. The Kier molecular flexibility index (Phi) is 5.54. The lowest BCUT2D eigenvalue weighted by Crippen LogP contribution is -2.40. The predicted octanol–water partition coefficient (Wildman–Crippen LogP) is 4.52. The van der Waals surface area contributed by atoms with Gasteiger partial charge in [-0.25, -0.2) is 4.39 Å². The van der Waals surface area contributed by atoms with Crippen molar-refractivity contribution in [2.24, 2.45) is 0 Å². The highest BCUT2D eigenvalue weighted by Gasteiger charge is 2.32. The second-order valence-electron chi connectivity index (χ2n) is 9.15. The van der Waals surface area contributed by atoms with Gasteiger partial charge >= 0.3 is 0 Å². The number of likely N-dealkylation sites (tertiary alicyclic amines) is 1. The number of carbonyl (C=O) groups is 2. The first-order valence-corrected chi connectivity index (χ1v) is 12.9. The fraction of sp³-hybridized carbons (Fsp3) is 0.400. The van der Waals surface area contributed by atoms with Gasteiger partial charge in [0.15, 0.2) is 5.82 Å². The van der Waals surface area contributed by atoms with E-state index in [1.54, 1.807) is 6.20 Å². The Labute approximate surface area is 205 Å². The summed E-state index contributed by atoms with van der Waals surface area (Å²) >= 11 is 7.84. The van der Waals surface area contributed by atoms with E-state index in [0.29, 0.717) is 20.6 Å². The van der Waals surface area contributed by atoms with E-state index < -0.39 is 5.82 Å². The highest BCUT2D eigenvalue weighted by molar-refractivity contribution is 7.19. The van der Waals surface area contributed by atoms with Crippen molar-refractivity contribution in [3.05, 3.63) is 45.7 Å². The van der Waals surface area contributed by atoms with Crippen LogP contribution in [-0.2, 0) is 22.6 Å². The molecule has 2 saturated heterocycles. The number of thiophene rings is 1. The second kappa shape index (κ2) is 8.59. The molecule has 34 heavy (non-hydrogen) atoms. The first kappa shape index (κ1) is 21.9. The average Bonchev–Trinajstić information content (AvgIpc) is 3.55. The van der Waals surface area contributed by atoms with E-state index in [9.17, 15) is 9.59 Å². The Balaban J connectivity index is 1.49. The zero-order valence-corrected chi connectivity index (χ0v) is 20.1. The molecule has 1 unspecified atom stereocenters. The highest BCUT2D eigenvalue weighted by Crippen LogP contribution is 2.45. The number of hydrogen-bond donors (Lipinski definition) is 1. The van der Waals surface area contributed by atoms with Gasteiger partial charge in [-0.05, 0) is 49.6 Å². The fourth-order valence-electron chi connectivity index (χ4n) is 5.48. The molecule has 6 nitrogen and oxygen atoms in total. The largest absolute Gasteiger partial charge is 0.366 e. The summed E-state index contributed by atoms with van der Waals surface area (Å²) in [6.07, 6.45) is 5.12. The van der Waals surface area contributed by atoms with Crippen LogP contribution < -0.4 is 10.2 Å². The summed E-state index contributed by atoms with van der Waals surface area (Å²) < 4.78 is 16.1. The smallest absolute Gasteiger partial charge is 0.230 e. The van der Waals surface area contributed by atoms with Crippen molar-refractivity contribution >= 4 is 50.7 Å². The van der Waals surface area contributed by atoms with E-state index in [1.807, 2.05) is 12.1 Å². The molecule has 2 fully saturated rings. The van der Waals surface area contributed by atoms with Crippen molar-refractivity contribution in [2.75, 3.05) is 24.5 Å². The van der Waals surface area contributed by atoms with Gasteiger partial charge in [0.25, 0.3) is 0 Å². The number of carbonyl (C=O) groups excluding carboxylic acids is 2. The minimum atomic E-state index is -0.456. The number of benzene rings is 1. The van der Waals surface area contributed by atoms with E-state index >= 15 is 4.39 Å². The maximum Gasteiger partial charge on any atom is 0.230 e. The zero-order chi connectivity index (χ0) is 23.4. The maximum absolute atomic E-state index is 15.4. The van der Waals surface area contributed by atoms with Crippen molar-refractivity contribution in [1.82, 2.24) is 15.2 Å². The second-order valence-corrected chi connectivity index (χ2v) is 10.7. The fourth-order valence-corrected chi connectivity index (χ4v) is 6.87. The molecule has 1 aromatic carbocycles. The number of pyridine rings is 1. The van der Waals surface area contributed by atoms with Crippen LogP contribution in [-0.4, -0.2) is 47.4 Å². The Morgan fingerprint density at radius 1 is 1.18 bits per heavy atom. The summed E-state index contributed by atoms with van der Waals surface area (Å²) in [6, 6.07) is 6.36. The van der Waals surface area contributed by atoms with Crippen molar-refractivity contribution < 1.29 is 14.0 Å². The number of aryl methyl sites for hydroxylation is 1. The molecule has 0 bridgehead atoms. The van der Waals surface area contributed by atoms with Crippen molar-refractivity contribution in [3.8, 4) is 11.1 Å². The average molecular weight is 499 g/mol. The molecule has 176 valence electrons. The van der Waals surface area contributed by atoms with Gasteiger partial charge in [0, 0.05) is 60.0 Å². The Morgan fingerprint density at radius 3 is 2.76 bits per heavy atom. The molecule has 3 aliphatic rings. The van der Waals surface area contributed by atoms with Crippen LogP contribution in [0.2, 0.25) is 5.02 Å². The quantitative estimate of drug-likeness (QED) is 0.536. The Morgan fingerprint density at radius 2 is 2.00 bits per heavy atom. The SMILES string of the molecule is O=C1CCC(=O)N1Cc1sc2c(-c3cc(Cl)cc4c3N(C3CCNC3)CCC4)ccnc2c1F. The summed E-state index contributed by atoms with van der Waals surface area (Å²) in [5, 5.41) is 4.13. The molecule has 6 rings (SSSR count). The lowest BCUT2D eigenvalue weighted by molar-refractivity contribution is -0.139. The molecule has 3 aromatic rings. The molecule has 3 aliphatic heterocycles. The first-order chi connectivity index (χ1) is 16.5. The molecular formula is C25H24ClFN4O2S. The molecule has 0 radical (unpaired) electrons. The number of amides is 2. The molecule has 1 atom stereocenters. The van der Waals surface area contributed by atoms with Crippen LogP contribution in [0.25, 0.3) is 21.3 Å². The molecular weight excluding hydrogens is 475 g/mol. The molecule has 0 spiro atoms. The van der Waals surface area contributed by atoms with Crippen LogP contribution >= 0.6 is 22.9 Å². The van der Waals surface area contributed by atoms with Crippen LogP contribution in [0.1, 0.15) is 36.1 Å². The highest BCUT2D eigenvalue weighted by atomic mass is 35.5. The van der Waals surface area contributed by atoms with Gasteiger partial charge in [-0.1, -0.05) is 11.6 Å². The normalized spacial score (nSPS) is 20.6. The van der Waals surface area contributed by atoms with Crippen LogP contribution in [0.15, 0.2) is 24.4 Å². The van der Waals surface area contributed by atoms with Crippen LogP contribution in [0.5, 0.6) is 0 Å². The van der Waals surface area contributed by atoms with Crippen LogP contribution in [0, 0.1) is 5.82 Å². The van der Waals surface area contributed by atoms with E-state index in [0.717, 1.165) is 54.9 Å². The minimum absolute atomic E-state index is 0.0442. The first-order valence-electron chi connectivity index (χ1n) is 11.7. The molecule has 9 heteroatoms. The van der Waals surface area contributed by atoms with Gasteiger partial charge < -0.3 is 10.2 Å². The number of anilines is 1. The third-order valence-corrected chi connectivity index (χ3v) is 8.48. The molecule has 2 amide bonds. The third kappa shape index (κ3) is 3.59. The topological polar surface area (TPSA) is 65.5 Å². The van der Waals surface area contributed by atoms with Crippen molar-refractivity contribution in [1.29, 1.82) is 0 Å². The van der Waals surface area contributed by atoms with Gasteiger partial charge in [-0.2, -0.15) is 0 Å². The van der Waals surface area contributed by atoms with Crippen LogP contribution in [0.3, 0.4) is 0 Å². The van der Waals surface area contributed by atoms with Gasteiger partial charge in [0.2, 0.25) is 11.8 Å². The monoisotopic (exact) mass is 498 g/mol. The number of rotatable bonds is 4. The molecule has 2 aromatic heterocycles. The van der Waals surface area contributed by atoms with E-state index in [2.05, 4.69) is 21.3 Å². The van der Waals surface area contributed by atoms with Gasteiger partial charge in [-0.3, -0.25) is 19.5 Å². The molecule has 0 saturated carbocycles. The number of halogens is 2. The van der Waals surface area contributed by atoms with E-state index in [4.69, 9.17) is 11.6 Å². The molecule has 5 heterocycles. The Bertz CT molecular complexity index is 1300. The van der Waals surface area contributed by atoms with E-state index in [1.165, 1.54) is 22.6 Å². The standard InChI is InChI=1S/C25H24ClFN4O2S/c26-15-10-14-2-1-9-30(16-5-7-28-12-16)24(14)18(11-15)17-6-8-29-23-22(27)19(34-25(17)23)13-31-20(32)3-4-21(31)33/h6,8,10-11,16,28H,1-5,7,9,12-13H2. The summed E-state index contributed by atoms with van der Waals surface area (Å²) in [7, 11) is 0. The summed E-state index contributed by atoms with van der Waals surface area (Å²) in [5.74, 6) is -0.957. The van der Waals surface area contributed by atoms with Crippen molar-refractivity contribution in [3.63, 3.8) is 0 Å². The summed E-state index contributed by atoms with van der Waals surface area (Å²) in [6.45, 7) is 2.89. The predicted molar refractivity (Wildman–Crippen MR) is 132 cm³/mol. The zero-order valence-electron chi connectivity index (χ0n) is 18.6. The summed E-state index contributed by atoms with van der Waals surface area (Å²) in [5.41, 5.74) is 4.54. The van der Waals surface area contributed by atoms with E-state index in [-0.39, 0.29) is 36.7 Å². The van der Waals surface area contributed by atoms with Gasteiger partial charge in [-0.15, -0.1) is 11.3 Å². The lowest BCUT2D eigenvalue weighted by atomic mass is 9.92. The number of imide groups is 1. The number of fused-ring (bicyclic) bond motifs is 2. The number of nitrogens with zero attached hydrogens (tertiary/aromatic N) is 3. The van der Waals surface area contributed by atoms with Crippen LogP contribution in [0.4, 0.5) is 10.1 Å². The molecule has 0 aliphatic carbocycles. The number of aromatic nitrogens is 1. The van der Waals surface area contributed by atoms with Crippen molar-refractivity contribution in [2.45, 2.75) is 44.7 Å². The maximum atomic E-state index is 15.4. The summed E-state index contributed by atoms with van der Waals surface area (Å²) in [4.78, 5) is 32.5. The third-order valence-electron chi connectivity index (χ3n) is 7.09. The van der Waals surface area contributed by atoms with Gasteiger partial charge in [0.05, 0.1) is 16.1 Å². The Hall–Kier alpha value is -2.55. The molecule has 1 N–H and O–H groups in total. The number of hydrogen-bond acceptors (Lipinski definition) is 6. The minimum Gasteiger partial charge on any atom is -0.366 e. The van der Waals surface area contributed by atoms with Gasteiger partial charge in [0.1, 0.15) is 5.52 Å². The lowest BCUT2D eigenvalue weighted by Gasteiger charge is -2.38.